The summed E-state index contributed by atoms with van der Waals surface area (Å²) >= 11 is 1.58. The molecule has 8 heteroatoms. The SMILES string of the molecule is CC(C)(C)CC(C)(C)N1CC=C[C@]23S[C@@H]4C=CCN(Cc5ccccc5)C(=O)[C@@H]4[C@H]2C(=O)N([C@H](CO)c2ccccc2)C3C1=O. The average Bonchev–Trinajstić information content (AvgIpc) is 3.30. The Kier molecular flexibility index (Phi) is 8.27. The largest absolute Gasteiger partial charge is 0.394 e. The molecule has 45 heavy (non-hydrogen) atoms. The highest BCUT2D eigenvalue weighted by Gasteiger charge is 2.72. The Morgan fingerprint density at radius 1 is 0.889 bits per heavy atom. The molecule has 0 bridgehead atoms. The van der Waals surface area contributed by atoms with Gasteiger partial charge in [0.2, 0.25) is 17.7 Å². The van der Waals surface area contributed by atoms with Crippen molar-refractivity contribution in [3.63, 3.8) is 0 Å². The third-order valence-electron chi connectivity index (χ3n) is 9.78. The number of nitrogens with zero attached hydrogens (tertiary/aromatic N) is 3. The van der Waals surface area contributed by atoms with E-state index in [1.165, 1.54) is 0 Å². The summed E-state index contributed by atoms with van der Waals surface area (Å²) in [5.74, 6) is -1.79. The number of likely N-dealkylation sites (tertiary alicyclic amines) is 1. The molecular weight excluding hydrogens is 582 g/mol. The number of benzene rings is 2. The van der Waals surface area contributed by atoms with Gasteiger partial charge in [0.05, 0.1) is 29.2 Å². The average molecular weight is 628 g/mol. The number of hydrogen-bond acceptors (Lipinski definition) is 5. The highest BCUT2D eigenvalue weighted by molar-refractivity contribution is 8.02. The van der Waals surface area contributed by atoms with E-state index in [-0.39, 0.29) is 35.0 Å². The zero-order valence-electron chi connectivity index (χ0n) is 26.9. The van der Waals surface area contributed by atoms with E-state index in [4.69, 9.17) is 0 Å². The molecule has 6 atom stereocenters. The molecule has 1 N–H and O–H groups in total. The fourth-order valence-electron chi connectivity index (χ4n) is 8.38. The lowest BCUT2D eigenvalue weighted by molar-refractivity contribution is -0.149. The van der Waals surface area contributed by atoms with Crippen LogP contribution < -0.4 is 0 Å². The van der Waals surface area contributed by atoms with Gasteiger partial charge >= 0.3 is 0 Å². The molecule has 0 aromatic heterocycles. The molecule has 3 amide bonds. The Labute approximate surface area is 271 Å². The molecule has 4 aliphatic rings. The van der Waals surface area contributed by atoms with Crippen LogP contribution in [0.3, 0.4) is 0 Å². The molecule has 0 radical (unpaired) electrons. The summed E-state index contributed by atoms with van der Waals surface area (Å²) in [5, 5.41) is 10.6. The van der Waals surface area contributed by atoms with Gasteiger partial charge in [0, 0.05) is 30.4 Å². The van der Waals surface area contributed by atoms with Crippen molar-refractivity contribution in [3.05, 3.63) is 96.1 Å². The minimum Gasteiger partial charge on any atom is -0.394 e. The number of fused-ring (bicyclic) bond motifs is 2. The quantitative estimate of drug-likeness (QED) is 0.426. The molecule has 7 nitrogen and oxygen atoms in total. The molecular formula is C37H45N3O4S. The van der Waals surface area contributed by atoms with Crippen molar-refractivity contribution in [1.82, 2.24) is 14.7 Å². The van der Waals surface area contributed by atoms with Crippen LogP contribution in [0.2, 0.25) is 0 Å². The van der Waals surface area contributed by atoms with E-state index in [0.29, 0.717) is 19.6 Å². The number of amides is 3. The lowest BCUT2D eigenvalue weighted by atomic mass is 9.77. The van der Waals surface area contributed by atoms with E-state index in [9.17, 15) is 14.7 Å². The number of aliphatic hydroxyl groups is 1. The number of thioether (sulfide) groups is 1. The summed E-state index contributed by atoms with van der Waals surface area (Å²) in [5.41, 5.74) is 1.28. The lowest BCUT2D eigenvalue weighted by Gasteiger charge is -2.45. The van der Waals surface area contributed by atoms with Gasteiger partial charge < -0.3 is 19.8 Å². The minimum atomic E-state index is -0.950. The van der Waals surface area contributed by atoms with Crippen LogP contribution in [0.25, 0.3) is 0 Å². The molecule has 2 aromatic carbocycles. The zero-order valence-corrected chi connectivity index (χ0v) is 27.7. The summed E-state index contributed by atoms with van der Waals surface area (Å²) in [6, 6.07) is 17.8. The molecule has 1 spiro atoms. The first-order valence-corrected chi connectivity index (χ1v) is 16.9. The molecule has 0 saturated carbocycles. The zero-order chi connectivity index (χ0) is 32.1. The number of rotatable bonds is 7. The molecule has 4 heterocycles. The van der Waals surface area contributed by atoms with E-state index in [0.717, 1.165) is 17.5 Å². The van der Waals surface area contributed by atoms with E-state index < -0.39 is 34.2 Å². The van der Waals surface area contributed by atoms with Crippen molar-refractivity contribution in [3.8, 4) is 0 Å². The van der Waals surface area contributed by atoms with Crippen LogP contribution in [0.1, 0.15) is 58.2 Å². The second-order valence-corrected chi connectivity index (χ2v) is 16.2. The Hall–Kier alpha value is -3.36. The van der Waals surface area contributed by atoms with E-state index in [2.05, 4.69) is 46.8 Å². The maximum absolute atomic E-state index is 15.0. The van der Waals surface area contributed by atoms with Gasteiger partial charge in [-0.05, 0) is 36.8 Å². The monoisotopic (exact) mass is 627 g/mol. The third-order valence-corrected chi connectivity index (χ3v) is 11.5. The number of aliphatic hydroxyl groups excluding tert-OH is 1. The molecule has 1 unspecified atom stereocenters. The van der Waals surface area contributed by atoms with E-state index in [1.807, 2.05) is 82.6 Å². The standard InChI is InChI=1S/C37H45N3O4S/c1-35(2,3)24-36(4,5)39-21-13-19-37-30(33(43)40(31(37)34(39)44)27(23-41)26-16-10-7-11-17-26)29-28(45-37)18-12-20-38(32(29)42)22-25-14-8-6-9-15-25/h6-19,27-31,41H,20-24H2,1-5H3/t27-,28-,29+,30+,31?,37+/m1/s1. The summed E-state index contributed by atoms with van der Waals surface area (Å²) < 4.78 is -0.950. The van der Waals surface area contributed by atoms with Crippen LogP contribution in [-0.2, 0) is 20.9 Å². The van der Waals surface area contributed by atoms with Crippen molar-refractivity contribution in [2.24, 2.45) is 17.3 Å². The van der Waals surface area contributed by atoms with Crippen molar-refractivity contribution < 1.29 is 19.5 Å². The summed E-state index contributed by atoms with van der Waals surface area (Å²) in [6.45, 7) is 11.7. The van der Waals surface area contributed by atoms with Crippen molar-refractivity contribution in [1.29, 1.82) is 0 Å². The molecule has 238 valence electrons. The predicted octanol–water partition coefficient (Wildman–Crippen LogP) is 5.23. The third kappa shape index (κ3) is 5.54. The Morgan fingerprint density at radius 3 is 2.20 bits per heavy atom. The molecule has 2 fully saturated rings. The molecule has 2 aromatic rings. The highest BCUT2D eigenvalue weighted by atomic mass is 32.2. The predicted molar refractivity (Wildman–Crippen MR) is 178 cm³/mol. The van der Waals surface area contributed by atoms with Gasteiger partial charge in [0.1, 0.15) is 6.04 Å². The van der Waals surface area contributed by atoms with E-state index >= 15 is 4.79 Å². The Morgan fingerprint density at radius 2 is 1.56 bits per heavy atom. The van der Waals surface area contributed by atoms with Gasteiger partial charge in [-0.15, -0.1) is 11.8 Å². The Balaban J connectivity index is 1.46. The second-order valence-electron chi connectivity index (χ2n) is 14.7. The highest BCUT2D eigenvalue weighted by Crippen LogP contribution is 2.62. The van der Waals surface area contributed by atoms with E-state index in [1.54, 1.807) is 16.7 Å². The fraction of sp³-hybridized carbons (Fsp3) is 0.486. The first kappa shape index (κ1) is 31.6. The van der Waals surface area contributed by atoms with Crippen LogP contribution in [0.15, 0.2) is 85.0 Å². The fourth-order valence-corrected chi connectivity index (χ4v) is 10.4. The van der Waals surface area contributed by atoms with Gasteiger partial charge in [0.15, 0.2) is 0 Å². The van der Waals surface area contributed by atoms with Gasteiger partial charge in [-0.1, -0.05) is 106 Å². The smallest absolute Gasteiger partial charge is 0.247 e. The summed E-state index contributed by atoms with van der Waals surface area (Å²) in [7, 11) is 0. The Bertz CT molecular complexity index is 1500. The molecule has 6 rings (SSSR count). The molecule has 2 saturated heterocycles. The number of carbonyl (C=O) groups is 3. The van der Waals surface area contributed by atoms with Crippen LogP contribution >= 0.6 is 11.8 Å². The minimum absolute atomic E-state index is 0.0302. The number of hydrogen-bond donors (Lipinski definition) is 1. The first-order valence-electron chi connectivity index (χ1n) is 16.0. The summed E-state index contributed by atoms with van der Waals surface area (Å²) in [6.07, 6.45) is 8.98. The van der Waals surface area contributed by atoms with Crippen LogP contribution in [-0.4, -0.2) is 78.8 Å². The maximum atomic E-state index is 15.0. The maximum Gasteiger partial charge on any atom is 0.247 e. The van der Waals surface area contributed by atoms with Crippen LogP contribution in [0.4, 0.5) is 0 Å². The normalized spacial score (nSPS) is 28.9. The molecule has 0 aliphatic carbocycles. The van der Waals surface area contributed by atoms with Crippen molar-refractivity contribution in [2.75, 3.05) is 19.7 Å². The second kappa shape index (κ2) is 11.8. The topological polar surface area (TPSA) is 81.2 Å². The van der Waals surface area contributed by atoms with Crippen LogP contribution in [0.5, 0.6) is 0 Å². The van der Waals surface area contributed by atoms with Gasteiger partial charge in [0.25, 0.3) is 0 Å². The summed E-state index contributed by atoms with van der Waals surface area (Å²) in [4.78, 5) is 49.9. The molecule has 4 aliphatic heterocycles. The van der Waals surface area contributed by atoms with Gasteiger partial charge in [-0.2, -0.15) is 0 Å². The van der Waals surface area contributed by atoms with Gasteiger partial charge in [-0.25, -0.2) is 0 Å². The van der Waals surface area contributed by atoms with Crippen LogP contribution in [0, 0.1) is 17.3 Å². The number of carbonyl (C=O) groups excluding carboxylic acids is 3. The lowest BCUT2D eigenvalue weighted by Crippen LogP contribution is -2.59. The van der Waals surface area contributed by atoms with Crippen molar-refractivity contribution >= 4 is 29.5 Å². The van der Waals surface area contributed by atoms with Crippen molar-refractivity contribution in [2.45, 2.75) is 75.2 Å². The van der Waals surface area contributed by atoms with Gasteiger partial charge in [-0.3, -0.25) is 14.4 Å². The first-order chi connectivity index (χ1) is 21.4.